The van der Waals surface area contributed by atoms with E-state index in [2.05, 4.69) is 16.0 Å². The van der Waals surface area contributed by atoms with Crippen molar-refractivity contribution in [2.24, 2.45) is 5.73 Å². The molecule has 6 nitrogen and oxygen atoms in total. The van der Waals surface area contributed by atoms with Gasteiger partial charge in [0.15, 0.2) is 0 Å². The molecular formula is C18H22N4O2. The second-order valence-corrected chi connectivity index (χ2v) is 5.72. The number of urea groups is 1. The SMILES string of the molecule is CC(C)NC(=O)Nc1cccc(N[C@@H](C(N)=O)c2ccccc2)c1. The maximum absolute atomic E-state index is 11.8. The number of amides is 3. The molecule has 0 spiro atoms. The number of rotatable bonds is 6. The molecule has 2 aromatic carbocycles. The summed E-state index contributed by atoms with van der Waals surface area (Å²) < 4.78 is 0. The Labute approximate surface area is 141 Å². The van der Waals surface area contributed by atoms with Crippen molar-refractivity contribution in [2.75, 3.05) is 10.6 Å². The number of nitrogens with one attached hydrogen (secondary N) is 3. The Morgan fingerprint density at radius 3 is 2.25 bits per heavy atom. The number of primary amides is 1. The van der Waals surface area contributed by atoms with Crippen LogP contribution >= 0.6 is 0 Å². The Morgan fingerprint density at radius 1 is 0.958 bits per heavy atom. The summed E-state index contributed by atoms with van der Waals surface area (Å²) in [6.45, 7) is 3.77. The third-order valence-electron chi connectivity index (χ3n) is 3.27. The van der Waals surface area contributed by atoms with E-state index in [1.807, 2.05) is 50.2 Å². The van der Waals surface area contributed by atoms with Gasteiger partial charge in [-0.3, -0.25) is 4.79 Å². The van der Waals surface area contributed by atoms with Crippen LogP contribution in [0.5, 0.6) is 0 Å². The molecule has 1 atom stereocenters. The van der Waals surface area contributed by atoms with Crippen molar-refractivity contribution in [3.8, 4) is 0 Å². The van der Waals surface area contributed by atoms with Gasteiger partial charge in [0.25, 0.3) is 0 Å². The van der Waals surface area contributed by atoms with Gasteiger partial charge in [-0.05, 0) is 37.6 Å². The number of hydrogen-bond donors (Lipinski definition) is 4. The van der Waals surface area contributed by atoms with Crippen LogP contribution in [0.25, 0.3) is 0 Å². The van der Waals surface area contributed by atoms with Gasteiger partial charge in [-0.2, -0.15) is 0 Å². The Balaban J connectivity index is 2.12. The van der Waals surface area contributed by atoms with Gasteiger partial charge in [0.2, 0.25) is 5.91 Å². The molecule has 3 amide bonds. The second-order valence-electron chi connectivity index (χ2n) is 5.72. The lowest BCUT2D eigenvalue weighted by molar-refractivity contribution is -0.118. The molecule has 5 N–H and O–H groups in total. The van der Waals surface area contributed by atoms with E-state index in [0.29, 0.717) is 11.4 Å². The summed E-state index contributed by atoms with van der Waals surface area (Å²) in [6, 6.07) is 15.5. The molecule has 0 saturated carbocycles. The van der Waals surface area contributed by atoms with E-state index in [1.165, 1.54) is 0 Å². The maximum Gasteiger partial charge on any atom is 0.319 e. The van der Waals surface area contributed by atoms with E-state index in [1.54, 1.807) is 18.2 Å². The van der Waals surface area contributed by atoms with E-state index in [-0.39, 0.29) is 12.1 Å². The summed E-state index contributed by atoms with van der Waals surface area (Å²) in [7, 11) is 0. The molecule has 6 heteroatoms. The van der Waals surface area contributed by atoms with Crippen LogP contribution < -0.4 is 21.7 Å². The average molecular weight is 326 g/mol. The van der Waals surface area contributed by atoms with Crippen LogP contribution in [0.15, 0.2) is 54.6 Å². The molecule has 0 radical (unpaired) electrons. The molecule has 24 heavy (non-hydrogen) atoms. The predicted molar refractivity (Wildman–Crippen MR) is 95.7 cm³/mol. The first-order valence-corrected chi connectivity index (χ1v) is 7.74. The maximum atomic E-state index is 11.8. The summed E-state index contributed by atoms with van der Waals surface area (Å²) >= 11 is 0. The average Bonchev–Trinajstić information content (AvgIpc) is 2.52. The van der Waals surface area contributed by atoms with Crippen LogP contribution in [0.3, 0.4) is 0 Å². The zero-order valence-corrected chi connectivity index (χ0v) is 13.7. The van der Waals surface area contributed by atoms with Crippen LogP contribution in [-0.4, -0.2) is 18.0 Å². The number of carbonyl (C=O) groups excluding carboxylic acids is 2. The minimum absolute atomic E-state index is 0.0450. The Bertz CT molecular complexity index is 701. The van der Waals surface area contributed by atoms with Gasteiger partial charge in [-0.15, -0.1) is 0 Å². The minimum atomic E-state index is -0.647. The van der Waals surface area contributed by atoms with Crippen molar-refractivity contribution in [3.05, 3.63) is 60.2 Å². The van der Waals surface area contributed by atoms with Crippen LogP contribution in [0, 0.1) is 0 Å². The highest BCUT2D eigenvalue weighted by Crippen LogP contribution is 2.22. The fourth-order valence-corrected chi connectivity index (χ4v) is 2.25. The van der Waals surface area contributed by atoms with Crippen molar-refractivity contribution in [2.45, 2.75) is 25.9 Å². The van der Waals surface area contributed by atoms with Crippen molar-refractivity contribution in [1.29, 1.82) is 0 Å². The number of anilines is 2. The van der Waals surface area contributed by atoms with E-state index in [9.17, 15) is 9.59 Å². The first-order chi connectivity index (χ1) is 11.5. The minimum Gasteiger partial charge on any atom is -0.370 e. The molecule has 0 unspecified atom stereocenters. The predicted octanol–water partition coefficient (Wildman–Crippen LogP) is 2.86. The molecule has 0 aromatic heterocycles. The summed E-state index contributed by atoms with van der Waals surface area (Å²) in [4.78, 5) is 23.5. The molecule has 0 fully saturated rings. The fourth-order valence-electron chi connectivity index (χ4n) is 2.25. The highest BCUT2D eigenvalue weighted by molar-refractivity contribution is 5.90. The zero-order chi connectivity index (χ0) is 17.5. The van der Waals surface area contributed by atoms with Crippen molar-refractivity contribution < 1.29 is 9.59 Å². The molecule has 0 bridgehead atoms. The van der Waals surface area contributed by atoms with Gasteiger partial charge in [-0.25, -0.2) is 4.79 Å². The third-order valence-corrected chi connectivity index (χ3v) is 3.27. The van der Waals surface area contributed by atoms with E-state index < -0.39 is 11.9 Å². The first-order valence-electron chi connectivity index (χ1n) is 7.74. The summed E-state index contributed by atoms with van der Waals surface area (Å²) in [5.74, 6) is -0.475. The van der Waals surface area contributed by atoms with Crippen molar-refractivity contribution in [1.82, 2.24) is 5.32 Å². The Morgan fingerprint density at radius 2 is 1.62 bits per heavy atom. The van der Waals surface area contributed by atoms with Crippen LogP contribution in [-0.2, 0) is 4.79 Å². The fraction of sp³-hybridized carbons (Fsp3) is 0.222. The van der Waals surface area contributed by atoms with Crippen molar-refractivity contribution in [3.63, 3.8) is 0 Å². The summed E-state index contributed by atoms with van der Waals surface area (Å²) in [5.41, 5.74) is 7.59. The van der Waals surface area contributed by atoms with E-state index >= 15 is 0 Å². The highest BCUT2D eigenvalue weighted by Gasteiger charge is 2.17. The Hall–Kier alpha value is -3.02. The van der Waals surface area contributed by atoms with Gasteiger partial charge in [0, 0.05) is 17.4 Å². The lowest BCUT2D eigenvalue weighted by atomic mass is 10.1. The zero-order valence-electron chi connectivity index (χ0n) is 13.7. The second kappa shape index (κ2) is 8.01. The van der Waals surface area contributed by atoms with Crippen LogP contribution in [0.4, 0.5) is 16.2 Å². The van der Waals surface area contributed by atoms with Gasteiger partial charge in [-0.1, -0.05) is 36.4 Å². The molecule has 0 aliphatic carbocycles. The van der Waals surface area contributed by atoms with E-state index in [4.69, 9.17) is 5.73 Å². The number of benzene rings is 2. The molecule has 0 aliphatic rings. The standard InChI is InChI=1S/C18H22N4O2/c1-12(2)20-18(24)22-15-10-6-9-14(11-15)21-16(17(19)23)13-7-4-3-5-8-13/h3-12,16,21H,1-2H3,(H2,19,23)(H2,20,22,24)/t16-/m1/s1. The molecule has 2 rings (SSSR count). The smallest absolute Gasteiger partial charge is 0.319 e. The van der Waals surface area contributed by atoms with E-state index in [0.717, 1.165) is 5.56 Å². The van der Waals surface area contributed by atoms with Crippen LogP contribution in [0.2, 0.25) is 0 Å². The third kappa shape index (κ3) is 5.01. The van der Waals surface area contributed by atoms with Gasteiger partial charge < -0.3 is 21.7 Å². The molecule has 2 aromatic rings. The largest absolute Gasteiger partial charge is 0.370 e. The number of carbonyl (C=O) groups is 2. The van der Waals surface area contributed by atoms with Gasteiger partial charge in [0.05, 0.1) is 0 Å². The normalized spacial score (nSPS) is 11.6. The highest BCUT2D eigenvalue weighted by atomic mass is 16.2. The molecular weight excluding hydrogens is 304 g/mol. The first kappa shape index (κ1) is 17.3. The molecule has 126 valence electrons. The monoisotopic (exact) mass is 326 g/mol. The lowest BCUT2D eigenvalue weighted by Gasteiger charge is -2.18. The molecule has 0 heterocycles. The summed E-state index contributed by atoms with van der Waals surface area (Å²) in [5, 5.41) is 8.60. The quantitative estimate of drug-likeness (QED) is 0.657. The topological polar surface area (TPSA) is 96.2 Å². The lowest BCUT2D eigenvalue weighted by Crippen LogP contribution is -2.34. The molecule has 0 saturated heterocycles. The summed E-state index contributed by atoms with van der Waals surface area (Å²) in [6.07, 6.45) is 0. The van der Waals surface area contributed by atoms with Crippen LogP contribution in [0.1, 0.15) is 25.5 Å². The number of hydrogen-bond acceptors (Lipinski definition) is 3. The van der Waals surface area contributed by atoms with Crippen molar-refractivity contribution >= 4 is 23.3 Å². The molecule has 0 aliphatic heterocycles. The number of nitrogens with two attached hydrogens (primary N) is 1. The Kier molecular flexibility index (Phi) is 5.78. The van der Waals surface area contributed by atoms with Gasteiger partial charge >= 0.3 is 6.03 Å². The van der Waals surface area contributed by atoms with Gasteiger partial charge in [0.1, 0.15) is 6.04 Å².